The van der Waals surface area contributed by atoms with E-state index in [-0.39, 0.29) is 22.9 Å². The molecule has 2 aromatic carbocycles. The number of thiazole rings is 1. The van der Waals surface area contributed by atoms with Crippen LogP contribution in [0.4, 0.5) is 14.5 Å². The number of nitrogens with zero attached hydrogens (tertiary/aromatic N) is 5. The van der Waals surface area contributed by atoms with E-state index in [1.165, 1.54) is 22.3 Å². The number of benzene rings is 2. The van der Waals surface area contributed by atoms with E-state index in [9.17, 15) is 22.0 Å². The molecule has 1 amide bonds. The third-order valence-electron chi connectivity index (χ3n) is 7.91. The SMILES string of the molecule is Cc1noc(C)c1-c1ccn2c(-c3nc4cc(S(C)(=O)=O)ccc4s3)c([C@@H]3CCCC(=O)N3c3ccc(F)c(F)c3)nc2c1. The Morgan fingerprint density at radius 2 is 1.84 bits per heavy atom. The number of hydrogen-bond acceptors (Lipinski definition) is 8. The summed E-state index contributed by atoms with van der Waals surface area (Å²) >= 11 is 1.37. The predicted molar refractivity (Wildman–Crippen MR) is 162 cm³/mol. The highest BCUT2D eigenvalue weighted by atomic mass is 32.2. The van der Waals surface area contributed by atoms with Gasteiger partial charge < -0.3 is 9.42 Å². The molecule has 1 aliphatic rings. The van der Waals surface area contributed by atoms with Gasteiger partial charge in [0.05, 0.1) is 32.5 Å². The number of amides is 1. The first-order valence-electron chi connectivity index (χ1n) is 13.8. The number of fused-ring (bicyclic) bond motifs is 2. The highest BCUT2D eigenvalue weighted by Crippen LogP contribution is 2.43. The van der Waals surface area contributed by atoms with E-state index in [0.717, 1.165) is 39.9 Å². The van der Waals surface area contributed by atoms with Gasteiger partial charge in [0.15, 0.2) is 21.5 Å². The highest BCUT2D eigenvalue weighted by molar-refractivity contribution is 7.90. The van der Waals surface area contributed by atoms with Crippen molar-refractivity contribution in [1.82, 2.24) is 19.5 Å². The third kappa shape index (κ3) is 4.67. The molecular weight excluding hydrogens is 609 g/mol. The van der Waals surface area contributed by atoms with Crippen LogP contribution in [0.5, 0.6) is 0 Å². The summed E-state index contributed by atoms with van der Waals surface area (Å²) in [4.78, 5) is 24.9. The molecule has 7 rings (SSSR count). The van der Waals surface area contributed by atoms with Gasteiger partial charge in [-0.3, -0.25) is 9.20 Å². The lowest BCUT2D eigenvalue weighted by Gasteiger charge is -2.35. The first-order chi connectivity index (χ1) is 21.0. The van der Waals surface area contributed by atoms with Gasteiger partial charge in [0.25, 0.3) is 0 Å². The van der Waals surface area contributed by atoms with Crippen molar-refractivity contribution < 1.29 is 26.5 Å². The summed E-state index contributed by atoms with van der Waals surface area (Å²) in [5.74, 6) is -1.62. The molecule has 0 aliphatic carbocycles. The minimum absolute atomic E-state index is 0.159. The lowest BCUT2D eigenvalue weighted by atomic mass is 9.96. The zero-order valence-electron chi connectivity index (χ0n) is 23.8. The molecular formula is C31H25F2N5O4S2. The van der Waals surface area contributed by atoms with Gasteiger partial charge in [-0.2, -0.15) is 0 Å². The van der Waals surface area contributed by atoms with Crippen LogP contribution >= 0.6 is 11.3 Å². The van der Waals surface area contributed by atoms with Crippen LogP contribution in [0.3, 0.4) is 0 Å². The molecule has 1 fully saturated rings. The van der Waals surface area contributed by atoms with Crippen LogP contribution in [-0.4, -0.2) is 40.1 Å². The standard InChI is InChI=1S/C31H25F2N5O4S2/c1-16-28(17(2)42-36-16)18-11-12-37-26(13-18)35-29(24-5-4-6-27(39)38(24)19-7-9-21(32)22(33)14-19)30(37)31-34-23-15-20(44(3,40)41)8-10-25(23)43-31/h7-15,24H,4-6H2,1-3H3/t24-/m0/s1. The molecule has 1 saturated heterocycles. The Bertz CT molecular complexity index is 2220. The fraction of sp³-hybridized carbons (Fsp3) is 0.226. The average Bonchev–Trinajstić information content (AvgIpc) is 3.67. The number of anilines is 1. The van der Waals surface area contributed by atoms with Gasteiger partial charge in [-0.05, 0) is 74.7 Å². The summed E-state index contributed by atoms with van der Waals surface area (Å²) in [6, 6.07) is 11.5. The third-order valence-corrected chi connectivity index (χ3v) is 10.1. The predicted octanol–water partition coefficient (Wildman–Crippen LogP) is 6.82. The Kier molecular flexibility index (Phi) is 6.63. The van der Waals surface area contributed by atoms with Crippen molar-refractivity contribution in [1.29, 1.82) is 0 Å². The Balaban J connectivity index is 1.46. The van der Waals surface area contributed by atoms with E-state index < -0.39 is 27.5 Å². The molecule has 1 aliphatic heterocycles. The van der Waals surface area contributed by atoms with E-state index in [2.05, 4.69) is 5.16 Å². The Labute approximate surface area is 254 Å². The summed E-state index contributed by atoms with van der Waals surface area (Å²) in [6.45, 7) is 3.69. The Morgan fingerprint density at radius 1 is 1.02 bits per heavy atom. The summed E-state index contributed by atoms with van der Waals surface area (Å²) in [5, 5.41) is 4.65. The number of rotatable bonds is 5. The van der Waals surface area contributed by atoms with E-state index in [1.807, 2.05) is 36.6 Å². The maximum absolute atomic E-state index is 14.4. The van der Waals surface area contributed by atoms with Crippen molar-refractivity contribution in [3.05, 3.63) is 83.5 Å². The fourth-order valence-corrected chi connectivity index (χ4v) is 7.52. The zero-order chi connectivity index (χ0) is 30.9. The average molecular weight is 634 g/mol. The first-order valence-corrected chi connectivity index (χ1v) is 16.5. The summed E-state index contributed by atoms with van der Waals surface area (Å²) in [6.07, 6.45) is 4.38. The minimum Gasteiger partial charge on any atom is -0.361 e. The Hall–Kier alpha value is -4.49. The maximum atomic E-state index is 14.4. The second-order valence-electron chi connectivity index (χ2n) is 10.9. The van der Waals surface area contributed by atoms with Crippen molar-refractivity contribution in [3.63, 3.8) is 0 Å². The van der Waals surface area contributed by atoms with Crippen molar-refractivity contribution >= 4 is 48.6 Å². The fourth-order valence-electron chi connectivity index (χ4n) is 5.89. The van der Waals surface area contributed by atoms with Crippen LogP contribution in [0.2, 0.25) is 0 Å². The smallest absolute Gasteiger partial charge is 0.227 e. The quantitative estimate of drug-likeness (QED) is 0.205. The monoisotopic (exact) mass is 633 g/mol. The summed E-state index contributed by atoms with van der Waals surface area (Å²) < 4.78 is 60.8. The molecule has 1 atom stereocenters. The molecule has 0 saturated carbocycles. The van der Waals surface area contributed by atoms with Gasteiger partial charge in [0, 0.05) is 36.2 Å². The van der Waals surface area contributed by atoms with Gasteiger partial charge in [-0.1, -0.05) is 5.16 Å². The lowest BCUT2D eigenvalue weighted by molar-refractivity contribution is -0.120. The van der Waals surface area contributed by atoms with Crippen LogP contribution in [0.15, 0.2) is 64.1 Å². The van der Waals surface area contributed by atoms with Gasteiger partial charge >= 0.3 is 0 Å². The summed E-state index contributed by atoms with van der Waals surface area (Å²) in [5.41, 5.74) is 4.92. The van der Waals surface area contributed by atoms with Crippen LogP contribution < -0.4 is 4.90 Å². The topological polar surface area (TPSA) is 111 Å². The van der Waals surface area contributed by atoms with Gasteiger partial charge in [-0.25, -0.2) is 27.2 Å². The number of aromatic nitrogens is 4. The number of hydrogen-bond donors (Lipinski definition) is 0. The largest absolute Gasteiger partial charge is 0.361 e. The maximum Gasteiger partial charge on any atom is 0.227 e. The number of piperidine rings is 1. The molecule has 0 bridgehead atoms. The molecule has 0 unspecified atom stereocenters. The van der Waals surface area contributed by atoms with Crippen molar-refractivity contribution in [2.24, 2.45) is 0 Å². The van der Waals surface area contributed by atoms with E-state index in [0.29, 0.717) is 46.2 Å². The molecule has 0 spiro atoms. The molecule has 4 aromatic heterocycles. The highest BCUT2D eigenvalue weighted by Gasteiger charge is 2.36. The molecule has 9 nitrogen and oxygen atoms in total. The molecule has 0 N–H and O–H groups in total. The van der Waals surface area contributed by atoms with E-state index in [4.69, 9.17) is 14.5 Å². The number of aryl methyl sites for hydroxylation is 2. The number of carbonyl (C=O) groups excluding carboxylic acids is 1. The van der Waals surface area contributed by atoms with Crippen molar-refractivity contribution in [2.75, 3.05) is 11.2 Å². The normalized spacial score (nSPS) is 16.0. The van der Waals surface area contributed by atoms with Gasteiger partial charge in [-0.15, -0.1) is 11.3 Å². The molecule has 0 radical (unpaired) electrons. The second kappa shape index (κ2) is 10.3. The number of pyridine rings is 1. The molecule has 44 heavy (non-hydrogen) atoms. The number of sulfone groups is 1. The van der Waals surface area contributed by atoms with Crippen molar-refractivity contribution in [3.8, 4) is 21.8 Å². The number of halogens is 2. The zero-order valence-corrected chi connectivity index (χ0v) is 25.5. The number of imidazole rings is 1. The first kappa shape index (κ1) is 28.3. The molecule has 6 aromatic rings. The van der Waals surface area contributed by atoms with Crippen LogP contribution in [0.25, 0.3) is 37.7 Å². The van der Waals surface area contributed by atoms with Crippen LogP contribution in [0.1, 0.15) is 42.5 Å². The van der Waals surface area contributed by atoms with Crippen LogP contribution in [0, 0.1) is 25.5 Å². The van der Waals surface area contributed by atoms with Crippen LogP contribution in [-0.2, 0) is 14.6 Å². The van der Waals surface area contributed by atoms with Gasteiger partial charge in [0.2, 0.25) is 5.91 Å². The molecule has 224 valence electrons. The van der Waals surface area contributed by atoms with Crippen molar-refractivity contribution in [2.45, 2.75) is 44.0 Å². The lowest BCUT2D eigenvalue weighted by Crippen LogP contribution is -2.38. The summed E-state index contributed by atoms with van der Waals surface area (Å²) in [7, 11) is -3.45. The molecule has 13 heteroatoms. The molecule has 5 heterocycles. The minimum atomic E-state index is -3.45. The van der Waals surface area contributed by atoms with Gasteiger partial charge in [0.1, 0.15) is 22.1 Å². The Morgan fingerprint density at radius 3 is 2.57 bits per heavy atom. The number of carbonyl (C=O) groups is 1. The van der Waals surface area contributed by atoms with E-state index in [1.54, 1.807) is 18.2 Å². The second-order valence-corrected chi connectivity index (χ2v) is 13.9. The van der Waals surface area contributed by atoms with E-state index >= 15 is 0 Å².